The Labute approximate surface area is 186 Å². The third kappa shape index (κ3) is 4.60. The number of halogens is 3. The van der Waals surface area contributed by atoms with Gasteiger partial charge < -0.3 is 4.57 Å². The molecule has 146 valence electrons. The summed E-state index contributed by atoms with van der Waals surface area (Å²) in [5, 5.41) is 1.04. The first-order valence-corrected chi connectivity index (χ1v) is 11.3. The Morgan fingerprint density at radius 3 is 2.57 bits per heavy atom. The molecule has 0 fully saturated rings. The normalized spacial score (nSPS) is 11.8. The number of aryl methyl sites for hydroxylation is 1. The molecule has 0 bridgehead atoms. The Balaban J connectivity index is 2.17. The van der Waals surface area contributed by atoms with Gasteiger partial charge in [0.05, 0.1) is 15.7 Å². The zero-order chi connectivity index (χ0) is 20.3. The molecule has 1 aromatic heterocycles. The average Bonchev–Trinajstić information content (AvgIpc) is 3.01. The molecular weight excluding hydrogens is 479 g/mol. The number of rotatable bonds is 5. The van der Waals surface area contributed by atoms with Crippen molar-refractivity contribution in [2.24, 2.45) is 4.99 Å². The smallest absolute Gasteiger partial charge is 0.279 e. The van der Waals surface area contributed by atoms with E-state index in [0.717, 1.165) is 28.6 Å². The lowest BCUT2D eigenvalue weighted by atomic mass is 10.1. The average molecular weight is 498 g/mol. The van der Waals surface area contributed by atoms with Crippen LogP contribution >= 0.6 is 50.5 Å². The van der Waals surface area contributed by atoms with Crippen LogP contribution in [-0.2, 0) is 13.0 Å². The van der Waals surface area contributed by atoms with Gasteiger partial charge >= 0.3 is 0 Å². The zero-order valence-corrected chi connectivity index (χ0v) is 19.4. The fraction of sp³-hybridized carbons (Fsp3) is 0.238. The summed E-state index contributed by atoms with van der Waals surface area (Å²) in [6.07, 6.45) is 1.90. The van der Waals surface area contributed by atoms with E-state index in [-0.39, 0.29) is 5.91 Å². The number of carbonyl (C=O) groups is 1. The van der Waals surface area contributed by atoms with Crippen molar-refractivity contribution in [3.63, 3.8) is 0 Å². The molecule has 0 aliphatic rings. The van der Waals surface area contributed by atoms with Crippen molar-refractivity contribution in [2.75, 3.05) is 0 Å². The Kier molecular flexibility index (Phi) is 7.15. The number of aromatic nitrogens is 1. The van der Waals surface area contributed by atoms with E-state index in [1.54, 1.807) is 29.5 Å². The first-order chi connectivity index (χ1) is 13.4. The summed E-state index contributed by atoms with van der Waals surface area (Å²) >= 11 is 17.3. The molecule has 0 aliphatic carbocycles. The third-order valence-electron chi connectivity index (χ3n) is 4.23. The standard InChI is InChI=1S/C21H19BrCl2N2OS/c1-3-6-18-19(13-9-10-16(23)17(24)12-13)26(4-2)21(28-18)25-20(27)14-7-5-8-15(22)11-14/h5,7-12H,3-4,6H2,1-2H3. The quantitative estimate of drug-likeness (QED) is 0.373. The fourth-order valence-corrected chi connectivity index (χ4v) is 4.97. The number of nitrogens with zero attached hydrogens (tertiary/aromatic N) is 2. The van der Waals surface area contributed by atoms with Gasteiger partial charge in [-0.1, -0.05) is 64.6 Å². The van der Waals surface area contributed by atoms with Crippen molar-refractivity contribution in [3.05, 3.63) is 72.2 Å². The maximum atomic E-state index is 12.7. The molecule has 0 N–H and O–H groups in total. The number of amides is 1. The molecule has 3 rings (SSSR count). The van der Waals surface area contributed by atoms with Crippen LogP contribution in [0, 0.1) is 0 Å². The van der Waals surface area contributed by atoms with Gasteiger partial charge in [0.25, 0.3) is 5.91 Å². The zero-order valence-electron chi connectivity index (χ0n) is 15.5. The second kappa shape index (κ2) is 9.40. The number of hydrogen-bond acceptors (Lipinski definition) is 2. The van der Waals surface area contributed by atoms with Gasteiger partial charge in [0.15, 0.2) is 4.80 Å². The highest BCUT2D eigenvalue weighted by molar-refractivity contribution is 9.10. The van der Waals surface area contributed by atoms with Crippen molar-refractivity contribution in [1.29, 1.82) is 0 Å². The minimum atomic E-state index is -0.256. The van der Waals surface area contributed by atoms with Crippen LogP contribution in [0.15, 0.2) is 51.9 Å². The van der Waals surface area contributed by atoms with E-state index in [0.29, 0.717) is 27.0 Å². The van der Waals surface area contributed by atoms with Gasteiger partial charge in [-0.2, -0.15) is 4.99 Å². The predicted octanol–water partition coefficient (Wildman–Crippen LogP) is 7.00. The maximum Gasteiger partial charge on any atom is 0.279 e. The van der Waals surface area contributed by atoms with Gasteiger partial charge in [-0.25, -0.2) is 0 Å². The highest BCUT2D eigenvalue weighted by atomic mass is 79.9. The van der Waals surface area contributed by atoms with Crippen molar-refractivity contribution in [2.45, 2.75) is 33.2 Å². The summed E-state index contributed by atoms with van der Waals surface area (Å²) in [4.78, 5) is 19.0. The van der Waals surface area contributed by atoms with Gasteiger partial charge in [-0.15, -0.1) is 11.3 Å². The topological polar surface area (TPSA) is 34.4 Å². The van der Waals surface area contributed by atoms with E-state index >= 15 is 0 Å². The van der Waals surface area contributed by atoms with Gasteiger partial charge in [0.1, 0.15) is 0 Å². The summed E-state index contributed by atoms with van der Waals surface area (Å²) < 4.78 is 2.93. The summed E-state index contributed by atoms with van der Waals surface area (Å²) in [7, 11) is 0. The lowest BCUT2D eigenvalue weighted by Gasteiger charge is -2.10. The van der Waals surface area contributed by atoms with Crippen LogP contribution < -0.4 is 4.80 Å². The molecule has 0 aliphatic heterocycles. The molecule has 7 heteroatoms. The SMILES string of the molecule is CCCc1sc(=NC(=O)c2cccc(Br)c2)n(CC)c1-c1ccc(Cl)c(Cl)c1. The first-order valence-electron chi connectivity index (χ1n) is 8.97. The van der Waals surface area contributed by atoms with Crippen LogP contribution in [-0.4, -0.2) is 10.5 Å². The van der Waals surface area contributed by atoms with Gasteiger partial charge in [-0.3, -0.25) is 4.79 Å². The second-order valence-corrected chi connectivity index (χ2v) is 9.00. The summed E-state index contributed by atoms with van der Waals surface area (Å²) in [5.41, 5.74) is 2.58. The van der Waals surface area contributed by atoms with Gasteiger partial charge in [0, 0.05) is 27.0 Å². The van der Waals surface area contributed by atoms with Crippen molar-refractivity contribution in [3.8, 4) is 11.3 Å². The monoisotopic (exact) mass is 496 g/mol. The maximum absolute atomic E-state index is 12.7. The Bertz CT molecular complexity index is 1090. The summed E-state index contributed by atoms with van der Waals surface area (Å²) in [5.74, 6) is -0.256. The highest BCUT2D eigenvalue weighted by Crippen LogP contribution is 2.32. The van der Waals surface area contributed by atoms with E-state index in [4.69, 9.17) is 23.2 Å². The number of benzene rings is 2. The van der Waals surface area contributed by atoms with Crippen LogP contribution in [0.5, 0.6) is 0 Å². The molecule has 1 amide bonds. The highest BCUT2D eigenvalue weighted by Gasteiger charge is 2.16. The lowest BCUT2D eigenvalue weighted by Crippen LogP contribution is -2.17. The van der Waals surface area contributed by atoms with E-state index in [1.807, 2.05) is 31.2 Å². The molecule has 0 saturated carbocycles. The molecule has 3 aromatic rings. The van der Waals surface area contributed by atoms with E-state index in [2.05, 4.69) is 32.4 Å². The largest absolute Gasteiger partial charge is 0.316 e. The Morgan fingerprint density at radius 1 is 1.14 bits per heavy atom. The van der Waals surface area contributed by atoms with Crippen molar-refractivity contribution in [1.82, 2.24) is 4.57 Å². The Morgan fingerprint density at radius 2 is 1.93 bits per heavy atom. The lowest BCUT2D eigenvalue weighted by molar-refractivity contribution is 0.0997. The fourth-order valence-electron chi connectivity index (χ4n) is 2.97. The summed E-state index contributed by atoms with van der Waals surface area (Å²) in [6, 6.07) is 12.9. The number of hydrogen-bond donors (Lipinski definition) is 0. The van der Waals surface area contributed by atoms with Crippen LogP contribution in [0.2, 0.25) is 10.0 Å². The van der Waals surface area contributed by atoms with Crippen LogP contribution in [0.4, 0.5) is 0 Å². The van der Waals surface area contributed by atoms with Crippen LogP contribution in [0.3, 0.4) is 0 Å². The van der Waals surface area contributed by atoms with E-state index in [9.17, 15) is 4.79 Å². The molecule has 0 atom stereocenters. The predicted molar refractivity (Wildman–Crippen MR) is 121 cm³/mol. The van der Waals surface area contributed by atoms with E-state index < -0.39 is 0 Å². The van der Waals surface area contributed by atoms with Gasteiger partial charge in [-0.05, 0) is 43.7 Å². The van der Waals surface area contributed by atoms with Crippen molar-refractivity contribution < 1.29 is 4.79 Å². The molecule has 0 saturated heterocycles. The molecule has 1 heterocycles. The molecule has 2 aromatic carbocycles. The third-order valence-corrected chi connectivity index (χ3v) is 6.60. The number of carbonyl (C=O) groups excluding carboxylic acids is 1. The molecule has 3 nitrogen and oxygen atoms in total. The molecule has 0 unspecified atom stereocenters. The Hall–Kier alpha value is -1.40. The molecule has 0 radical (unpaired) electrons. The summed E-state index contributed by atoms with van der Waals surface area (Å²) in [6.45, 7) is 4.88. The van der Waals surface area contributed by atoms with E-state index in [1.165, 1.54) is 4.88 Å². The van der Waals surface area contributed by atoms with Crippen molar-refractivity contribution >= 4 is 56.4 Å². The molecule has 0 spiro atoms. The minimum Gasteiger partial charge on any atom is -0.316 e. The molecule has 28 heavy (non-hydrogen) atoms. The first kappa shape index (κ1) is 21.3. The second-order valence-electron chi connectivity index (χ2n) is 6.21. The minimum absolute atomic E-state index is 0.256. The van der Waals surface area contributed by atoms with Crippen LogP contribution in [0.1, 0.15) is 35.5 Å². The molecular formula is C21H19BrCl2N2OS. The number of thiazole rings is 1. The van der Waals surface area contributed by atoms with Gasteiger partial charge in [0.2, 0.25) is 0 Å². The van der Waals surface area contributed by atoms with Crippen LogP contribution in [0.25, 0.3) is 11.3 Å².